The molecular weight excluding hydrogens is 284 g/mol. The number of ether oxygens (including phenoxy) is 1. The monoisotopic (exact) mass is 300 g/mol. The van der Waals surface area contributed by atoms with Gasteiger partial charge in [-0.25, -0.2) is 9.97 Å². The van der Waals surface area contributed by atoms with E-state index in [1.807, 2.05) is 7.05 Å². The number of nitrogens with zero attached hydrogens (tertiary/aromatic N) is 2. The summed E-state index contributed by atoms with van der Waals surface area (Å²) >= 11 is 3.50. The minimum Gasteiger partial charge on any atom is -0.381 e. The third-order valence-electron chi connectivity index (χ3n) is 3.08. The summed E-state index contributed by atoms with van der Waals surface area (Å²) < 4.78 is 6.24. The summed E-state index contributed by atoms with van der Waals surface area (Å²) in [7, 11) is 3.61. The van der Waals surface area contributed by atoms with Crippen molar-refractivity contribution in [1.82, 2.24) is 9.97 Å². The SMILES string of the molecule is CNc1ncnc(NC2CCC(OC)C2)c1Br. The maximum absolute atomic E-state index is 5.36. The van der Waals surface area contributed by atoms with E-state index in [0.29, 0.717) is 12.1 Å². The van der Waals surface area contributed by atoms with Gasteiger partial charge >= 0.3 is 0 Å². The largest absolute Gasteiger partial charge is 0.381 e. The van der Waals surface area contributed by atoms with Gasteiger partial charge in [0.15, 0.2) is 0 Å². The Hall–Kier alpha value is -0.880. The number of hydrogen-bond acceptors (Lipinski definition) is 5. The number of methoxy groups -OCH3 is 1. The molecule has 0 aliphatic heterocycles. The first-order valence-electron chi connectivity index (χ1n) is 5.72. The second-order valence-electron chi connectivity index (χ2n) is 4.15. The molecule has 1 heterocycles. The first-order chi connectivity index (χ1) is 8.24. The topological polar surface area (TPSA) is 59.1 Å². The number of nitrogens with one attached hydrogen (secondary N) is 2. The Kier molecular flexibility index (Phi) is 4.17. The van der Waals surface area contributed by atoms with Crippen molar-refractivity contribution >= 4 is 27.6 Å². The number of halogens is 1. The minimum atomic E-state index is 0.372. The Morgan fingerprint density at radius 1 is 1.35 bits per heavy atom. The van der Waals surface area contributed by atoms with E-state index in [4.69, 9.17) is 4.74 Å². The number of anilines is 2. The highest BCUT2D eigenvalue weighted by molar-refractivity contribution is 9.10. The molecule has 0 aromatic carbocycles. The number of aromatic nitrogens is 2. The van der Waals surface area contributed by atoms with Gasteiger partial charge in [-0.2, -0.15) is 0 Å². The van der Waals surface area contributed by atoms with Crippen molar-refractivity contribution in [3.8, 4) is 0 Å². The quantitative estimate of drug-likeness (QED) is 0.893. The second kappa shape index (κ2) is 5.64. The lowest BCUT2D eigenvalue weighted by molar-refractivity contribution is 0.108. The maximum Gasteiger partial charge on any atom is 0.146 e. The van der Waals surface area contributed by atoms with Gasteiger partial charge in [-0.1, -0.05) is 0 Å². The van der Waals surface area contributed by atoms with Crippen LogP contribution in [0.4, 0.5) is 11.6 Å². The van der Waals surface area contributed by atoms with Crippen LogP contribution in [0.1, 0.15) is 19.3 Å². The van der Waals surface area contributed by atoms with Gasteiger partial charge in [0.25, 0.3) is 0 Å². The summed E-state index contributed by atoms with van der Waals surface area (Å²) in [5.74, 6) is 1.63. The minimum absolute atomic E-state index is 0.372. The summed E-state index contributed by atoms with van der Waals surface area (Å²) in [5, 5.41) is 6.45. The van der Waals surface area contributed by atoms with Gasteiger partial charge in [-0.3, -0.25) is 0 Å². The fourth-order valence-electron chi connectivity index (χ4n) is 2.12. The van der Waals surface area contributed by atoms with E-state index in [-0.39, 0.29) is 0 Å². The number of rotatable bonds is 4. The van der Waals surface area contributed by atoms with Crippen LogP contribution in [0.5, 0.6) is 0 Å². The molecule has 17 heavy (non-hydrogen) atoms. The molecule has 5 nitrogen and oxygen atoms in total. The van der Waals surface area contributed by atoms with Crippen molar-refractivity contribution in [3.63, 3.8) is 0 Å². The van der Waals surface area contributed by atoms with Crippen LogP contribution in [-0.2, 0) is 4.74 Å². The van der Waals surface area contributed by atoms with Crippen LogP contribution >= 0.6 is 15.9 Å². The third-order valence-corrected chi connectivity index (χ3v) is 3.84. The normalized spacial score (nSPS) is 23.7. The van der Waals surface area contributed by atoms with Crippen LogP contribution in [0, 0.1) is 0 Å². The van der Waals surface area contributed by atoms with Gasteiger partial charge in [-0.05, 0) is 35.2 Å². The zero-order valence-corrected chi connectivity index (χ0v) is 11.6. The predicted molar refractivity (Wildman–Crippen MR) is 71.3 cm³/mol. The molecule has 1 aliphatic rings. The lowest BCUT2D eigenvalue weighted by Crippen LogP contribution is -2.18. The summed E-state index contributed by atoms with van der Waals surface area (Å²) in [6, 6.07) is 0.427. The van der Waals surface area contributed by atoms with Crippen molar-refractivity contribution in [1.29, 1.82) is 0 Å². The predicted octanol–water partition coefficient (Wildman–Crippen LogP) is 2.26. The summed E-state index contributed by atoms with van der Waals surface area (Å²) in [6.07, 6.45) is 5.18. The van der Waals surface area contributed by atoms with Crippen molar-refractivity contribution in [2.24, 2.45) is 0 Å². The highest BCUT2D eigenvalue weighted by atomic mass is 79.9. The zero-order valence-electron chi connectivity index (χ0n) is 10.0. The Bertz CT molecular complexity index is 388. The molecule has 2 N–H and O–H groups in total. The van der Waals surface area contributed by atoms with Gasteiger partial charge in [0, 0.05) is 20.2 Å². The van der Waals surface area contributed by atoms with Crippen LogP contribution in [0.3, 0.4) is 0 Å². The molecule has 0 spiro atoms. The fraction of sp³-hybridized carbons (Fsp3) is 0.636. The third kappa shape index (κ3) is 2.87. The van der Waals surface area contributed by atoms with E-state index >= 15 is 0 Å². The molecule has 0 radical (unpaired) electrons. The van der Waals surface area contributed by atoms with E-state index in [0.717, 1.165) is 35.4 Å². The Balaban J connectivity index is 2.04. The van der Waals surface area contributed by atoms with Gasteiger partial charge in [0.2, 0.25) is 0 Å². The molecule has 2 unspecified atom stereocenters. The molecule has 2 atom stereocenters. The summed E-state index contributed by atoms with van der Waals surface area (Å²) in [4.78, 5) is 8.38. The smallest absolute Gasteiger partial charge is 0.146 e. The van der Waals surface area contributed by atoms with E-state index in [9.17, 15) is 0 Å². The van der Waals surface area contributed by atoms with E-state index < -0.39 is 0 Å². The first-order valence-corrected chi connectivity index (χ1v) is 6.51. The van der Waals surface area contributed by atoms with Crippen molar-refractivity contribution < 1.29 is 4.74 Å². The maximum atomic E-state index is 5.36. The van der Waals surface area contributed by atoms with Crippen LogP contribution < -0.4 is 10.6 Å². The van der Waals surface area contributed by atoms with Gasteiger partial charge in [0.1, 0.15) is 22.4 Å². The van der Waals surface area contributed by atoms with Crippen LogP contribution in [0.25, 0.3) is 0 Å². The lowest BCUT2D eigenvalue weighted by atomic mass is 10.2. The Morgan fingerprint density at radius 2 is 2.12 bits per heavy atom. The van der Waals surface area contributed by atoms with Crippen molar-refractivity contribution in [2.75, 3.05) is 24.8 Å². The first kappa shape index (κ1) is 12.6. The average Bonchev–Trinajstić information content (AvgIpc) is 2.79. The Labute approximate surface area is 110 Å². The molecule has 6 heteroatoms. The van der Waals surface area contributed by atoms with Gasteiger partial charge in [-0.15, -0.1) is 0 Å². The molecule has 1 saturated carbocycles. The highest BCUT2D eigenvalue weighted by Gasteiger charge is 2.25. The molecule has 1 aliphatic carbocycles. The van der Waals surface area contributed by atoms with Crippen LogP contribution in [0.15, 0.2) is 10.8 Å². The molecule has 0 amide bonds. The molecule has 94 valence electrons. The van der Waals surface area contributed by atoms with E-state index in [1.165, 1.54) is 0 Å². The molecule has 1 fully saturated rings. The second-order valence-corrected chi connectivity index (χ2v) is 4.94. The van der Waals surface area contributed by atoms with Crippen molar-refractivity contribution in [3.05, 3.63) is 10.8 Å². The molecule has 1 aromatic heterocycles. The van der Waals surface area contributed by atoms with Gasteiger partial charge < -0.3 is 15.4 Å². The Morgan fingerprint density at radius 3 is 2.76 bits per heavy atom. The lowest BCUT2D eigenvalue weighted by Gasteiger charge is -2.15. The van der Waals surface area contributed by atoms with Crippen LogP contribution in [-0.4, -0.2) is 36.3 Å². The molecule has 0 bridgehead atoms. The standard InChI is InChI=1S/C11H17BrN4O/c1-13-10-9(12)11(15-6-14-10)16-7-3-4-8(5-7)17-2/h6-8H,3-5H2,1-2H3,(H2,13,14,15,16). The fourth-order valence-corrected chi connectivity index (χ4v) is 2.64. The van der Waals surface area contributed by atoms with E-state index in [1.54, 1.807) is 13.4 Å². The summed E-state index contributed by atoms with van der Waals surface area (Å²) in [5.41, 5.74) is 0. The molecule has 0 saturated heterocycles. The van der Waals surface area contributed by atoms with Crippen molar-refractivity contribution in [2.45, 2.75) is 31.4 Å². The molecule has 1 aromatic rings. The van der Waals surface area contributed by atoms with Crippen LogP contribution in [0.2, 0.25) is 0 Å². The molecular formula is C11H17BrN4O. The average molecular weight is 301 g/mol. The zero-order chi connectivity index (χ0) is 12.3. The highest BCUT2D eigenvalue weighted by Crippen LogP contribution is 2.30. The van der Waals surface area contributed by atoms with E-state index in [2.05, 4.69) is 36.5 Å². The molecule has 2 rings (SSSR count). The number of hydrogen-bond donors (Lipinski definition) is 2. The van der Waals surface area contributed by atoms with Gasteiger partial charge in [0.05, 0.1) is 6.10 Å². The summed E-state index contributed by atoms with van der Waals surface area (Å²) in [6.45, 7) is 0.